The predicted molar refractivity (Wildman–Crippen MR) is 107 cm³/mol. The van der Waals surface area contributed by atoms with Crippen molar-refractivity contribution in [1.82, 2.24) is 9.80 Å². The van der Waals surface area contributed by atoms with Crippen LogP contribution in [0.4, 0.5) is 0 Å². The van der Waals surface area contributed by atoms with Gasteiger partial charge in [-0.2, -0.15) is 0 Å². The molecule has 4 nitrogen and oxygen atoms in total. The van der Waals surface area contributed by atoms with Crippen LogP contribution in [0.1, 0.15) is 5.56 Å². The van der Waals surface area contributed by atoms with Crippen molar-refractivity contribution in [3.63, 3.8) is 0 Å². The van der Waals surface area contributed by atoms with Crippen LogP contribution in [-0.2, 0) is 11.3 Å². The number of piperazine rings is 1. The van der Waals surface area contributed by atoms with Crippen molar-refractivity contribution in [2.75, 3.05) is 39.0 Å². The molecule has 0 unspecified atom stereocenters. The summed E-state index contributed by atoms with van der Waals surface area (Å²) in [6.45, 7) is 4.19. The van der Waals surface area contributed by atoms with Gasteiger partial charge >= 0.3 is 0 Å². The highest BCUT2D eigenvalue weighted by molar-refractivity contribution is 7.98. The first kappa shape index (κ1) is 19.1. The Morgan fingerprint density at radius 2 is 1.77 bits per heavy atom. The lowest BCUT2D eigenvalue weighted by atomic mass is 10.2. The van der Waals surface area contributed by atoms with Crippen LogP contribution >= 0.6 is 23.4 Å². The Balaban J connectivity index is 1.45. The number of halogens is 1. The number of amides is 1. The van der Waals surface area contributed by atoms with E-state index in [1.165, 1.54) is 5.56 Å². The van der Waals surface area contributed by atoms with Gasteiger partial charge in [0.05, 0.1) is 0 Å². The zero-order valence-electron chi connectivity index (χ0n) is 14.9. The normalized spacial score (nSPS) is 15.1. The number of para-hydroxylation sites is 1. The summed E-state index contributed by atoms with van der Waals surface area (Å²) >= 11 is 7.55. The van der Waals surface area contributed by atoms with E-state index in [2.05, 4.69) is 17.0 Å². The topological polar surface area (TPSA) is 32.8 Å². The molecule has 6 heteroatoms. The van der Waals surface area contributed by atoms with Crippen LogP contribution < -0.4 is 4.74 Å². The van der Waals surface area contributed by atoms with Gasteiger partial charge in [0.2, 0.25) is 0 Å². The number of hydrogen-bond donors (Lipinski definition) is 0. The highest BCUT2D eigenvalue weighted by Crippen LogP contribution is 2.26. The molecule has 1 aliphatic rings. The van der Waals surface area contributed by atoms with E-state index in [1.54, 1.807) is 11.8 Å². The largest absolute Gasteiger partial charge is 0.483 e. The lowest BCUT2D eigenvalue weighted by Crippen LogP contribution is -2.49. The fraction of sp³-hybridized carbons (Fsp3) is 0.350. The van der Waals surface area contributed by atoms with Crippen LogP contribution in [0.5, 0.6) is 5.75 Å². The molecular weight excluding hydrogens is 368 g/mol. The fourth-order valence-electron chi connectivity index (χ4n) is 2.97. The van der Waals surface area contributed by atoms with Crippen LogP contribution in [-0.4, -0.2) is 54.7 Å². The predicted octanol–water partition coefficient (Wildman–Crippen LogP) is 3.79. The molecule has 1 aliphatic heterocycles. The average Bonchev–Trinajstić information content (AvgIpc) is 2.68. The van der Waals surface area contributed by atoms with Crippen molar-refractivity contribution in [2.45, 2.75) is 11.4 Å². The van der Waals surface area contributed by atoms with Crippen LogP contribution in [0.2, 0.25) is 5.02 Å². The van der Waals surface area contributed by atoms with Gasteiger partial charge in [-0.05, 0) is 36.1 Å². The van der Waals surface area contributed by atoms with E-state index >= 15 is 0 Å². The molecule has 2 aromatic carbocycles. The first-order valence-electron chi connectivity index (χ1n) is 8.66. The van der Waals surface area contributed by atoms with E-state index in [0.717, 1.165) is 48.4 Å². The minimum Gasteiger partial charge on any atom is -0.483 e. The molecule has 1 saturated heterocycles. The smallest absolute Gasteiger partial charge is 0.260 e. The first-order chi connectivity index (χ1) is 12.7. The monoisotopic (exact) mass is 390 g/mol. The van der Waals surface area contributed by atoms with E-state index in [-0.39, 0.29) is 12.5 Å². The van der Waals surface area contributed by atoms with Crippen LogP contribution in [0.25, 0.3) is 0 Å². The Kier molecular flexibility index (Phi) is 6.83. The molecule has 138 valence electrons. The van der Waals surface area contributed by atoms with E-state index in [9.17, 15) is 4.79 Å². The van der Waals surface area contributed by atoms with Crippen molar-refractivity contribution in [3.05, 3.63) is 59.1 Å². The number of carbonyl (C=O) groups is 1. The minimum atomic E-state index is 0.0482. The lowest BCUT2D eigenvalue weighted by molar-refractivity contribution is -0.135. The van der Waals surface area contributed by atoms with Gasteiger partial charge in [-0.15, -0.1) is 11.8 Å². The molecule has 1 fully saturated rings. The van der Waals surface area contributed by atoms with Gasteiger partial charge in [-0.1, -0.05) is 35.9 Å². The number of rotatable bonds is 6. The highest BCUT2D eigenvalue weighted by Gasteiger charge is 2.21. The summed E-state index contributed by atoms with van der Waals surface area (Å²) in [4.78, 5) is 17.7. The molecule has 0 aromatic heterocycles. The molecule has 1 heterocycles. The summed E-state index contributed by atoms with van der Waals surface area (Å²) in [6, 6.07) is 15.7. The second-order valence-electron chi connectivity index (χ2n) is 6.22. The molecule has 0 N–H and O–H groups in total. The van der Waals surface area contributed by atoms with Crippen LogP contribution in [0.3, 0.4) is 0 Å². The van der Waals surface area contributed by atoms with Gasteiger partial charge in [0.15, 0.2) is 6.61 Å². The van der Waals surface area contributed by atoms with Gasteiger partial charge in [-0.3, -0.25) is 9.69 Å². The van der Waals surface area contributed by atoms with Crippen LogP contribution in [0, 0.1) is 0 Å². The summed E-state index contributed by atoms with van der Waals surface area (Å²) < 4.78 is 5.74. The highest BCUT2D eigenvalue weighted by atomic mass is 35.5. The van der Waals surface area contributed by atoms with Gasteiger partial charge in [0.25, 0.3) is 5.91 Å². The van der Waals surface area contributed by atoms with E-state index in [1.807, 2.05) is 47.6 Å². The molecule has 1 amide bonds. The molecule has 0 spiro atoms. The Labute approximate surface area is 164 Å². The third-order valence-corrected chi connectivity index (χ3v) is 5.49. The lowest BCUT2D eigenvalue weighted by Gasteiger charge is -2.34. The SMILES string of the molecule is CSc1ccccc1OCC(=O)N1CCN(Cc2ccc(Cl)cc2)CC1. The van der Waals surface area contributed by atoms with E-state index in [0.29, 0.717) is 0 Å². The summed E-state index contributed by atoms with van der Waals surface area (Å²) in [5, 5.41) is 0.757. The number of benzene rings is 2. The molecule has 3 rings (SSSR count). The average molecular weight is 391 g/mol. The summed E-state index contributed by atoms with van der Waals surface area (Å²) in [5.41, 5.74) is 1.24. The Bertz CT molecular complexity index is 731. The van der Waals surface area contributed by atoms with Crippen molar-refractivity contribution in [2.24, 2.45) is 0 Å². The molecule has 0 saturated carbocycles. The number of nitrogens with zero attached hydrogens (tertiary/aromatic N) is 2. The summed E-state index contributed by atoms with van der Waals surface area (Å²) in [5.74, 6) is 0.821. The second-order valence-corrected chi connectivity index (χ2v) is 7.51. The molecule has 2 aromatic rings. The fourth-order valence-corrected chi connectivity index (χ4v) is 3.64. The van der Waals surface area contributed by atoms with E-state index < -0.39 is 0 Å². The first-order valence-corrected chi connectivity index (χ1v) is 10.3. The summed E-state index contributed by atoms with van der Waals surface area (Å²) in [7, 11) is 0. The quantitative estimate of drug-likeness (QED) is 0.702. The van der Waals surface area contributed by atoms with Gasteiger partial charge in [-0.25, -0.2) is 0 Å². The maximum absolute atomic E-state index is 12.4. The number of carbonyl (C=O) groups excluding carboxylic acids is 1. The molecule has 0 aliphatic carbocycles. The maximum atomic E-state index is 12.4. The molecule has 0 radical (unpaired) electrons. The second kappa shape index (κ2) is 9.31. The van der Waals surface area contributed by atoms with Gasteiger partial charge in [0, 0.05) is 42.6 Å². The third kappa shape index (κ3) is 5.16. The zero-order valence-corrected chi connectivity index (χ0v) is 16.4. The molecule has 0 bridgehead atoms. The van der Waals surface area contributed by atoms with Gasteiger partial charge in [0.1, 0.15) is 5.75 Å². The van der Waals surface area contributed by atoms with Crippen molar-refractivity contribution in [1.29, 1.82) is 0 Å². The maximum Gasteiger partial charge on any atom is 0.260 e. The third-order valence-electron chi connectivity index (χ3n) is 4.46. The molecule has 26 heavy (non-hydrogen) atoms. The Morgan fingerprint density at radius 1 is 1.08 bits per heavy atom. The minimum absolute atomic E-state index is 0.0482. The number of thioether (sulfide) groups is 1. The Hall–Kier alpha value is -1.69. The summed E-state index contributed by atoms with van der Waals surface area (Å²) in [6.07, 6.45) is 2.00. The molecular formula is C20H23ClN2O2S. The van der Waals surface area contributed by atoms with Crippen LogP contribution in [0.15, 0.2) is 53.4 Å². The number of ether oxygens (including phenoxy) is 1. The van der Waals surface area contributed by atoms with Crippen molar-refractivity contribution < 1.29 is 9.53 Å². The number of hydrogen-bond acceptors (Lipinski definition) is 4. The zero-order chi connectivity index (χ0) is 18.4. The van der Waals surface area contributed by atoms with Crippen molar-refractivity contribution in [3.8, 4) is 5.75 Å². The molecule has 0 atom stereocenters. The van der Waals surface area contributed by atoms with Gasteiger partial charge < -0.3 is 9.64 Å². The standard InChI is InChI=1S/C20H23ClN2O2S/c1-26-19-5-3-2-4-18(19)25-15-20(24)23-12-10-22(11-13-23)14-16-6-8-17(21)9-7-16/h2-9H,10-15H2,1H3. The van der Waals surface area contributed by atoms with E-state index in [4.69, 9.17) is 16.3 Å². The Morgan fingerprint density at radius 3 is 2.46 bits per heavy atom. The van der Waals surface area contributed by atoms with Crippen molar-refractivity contribution >= 4 is 29.3 Å².